The third-order valence-electron chi connectivity index (χ3n) is 2.00. The van der Waals surface area contributed by atoms with Gasteiger partial charge in [-0.2, -0.15) is 0 Å². The van der Waals surface area contributed by atoms with Gasteiger partial charge in [-0.15, -0.1) is 11.8 Å². The van der Waals surface area contributed by atoms with Gasteiger partial charge in [0.05, 0.1) is 32.0 Å². The lowest BCUT2D eigenvalue weighted by atomic mass is 10.1. The van der Waals surface area contributed by atoms with Gasteiger partial charge in [0.25, 0.3) is 0 Å². The summed E-state index contributed by atoms with van der Waals surface area (Å²) in [4.78, 5) is 0. The lowest BCUT2D eigenvalue weighted by Gasteiger charge is -2.28. The Bertz CT molecular complexity index is 192. The van der Waals surface area contributed by atoms with Crippen LogP contribution in [0, 0.1) is 11.8 Å². The fourth-order valence-electron chi connectivity index (χ4n) is 1.25. The summed E-state index contributed by atoms with van der Waals surface area (Å²) in [6, 6.07) is 0.0627. The Morgan fingerprint density at radius 2 is 2.46 bits per heavy atom. The van der Waals surface area contributed by atoms with E-state index in [-0.39, 0.29) is 12.1 Å². The van der Waals surface area contributed by atoms with Crippen LogP contribution < -0.4 is 11.3 Å². The lowest BCUT2D eigenvalue weighted by Crippen LogP contribution is -2.49. The largest absolute Gasteiger partial charge is 0.376 e. The predicted molar refractivity (Wildman–Crippen MR) is 49.7 cm³/mol. The van der Waals surface area contributed by atoms with Crippen molar-refractivity contribution in [1.82, 2.24) is 5.43 Å². The second kappa shape index (κ2) is 5.95. The summed E-state index contributed by atoms with van der Waals surface area (Å²) < 4.78 is 10.8. The van der Waals surface area contributed by atoms with Crippen LogP contribution in [-0.4, -0.2) is 32.0 Å². The molecule has 4 heteroatoms. The maximum atomic E-state index is 5.49. The molecule has 0 aromatic heterocycles. The zero-order valence-corrected chi connectivity index (χ0v) is 7.88. The quantitative estimate of drug-likeness (QED) is 0.357. The van der Waals surface area contributed by atoms with Crippen molar-refractivity contribution in [3.05, 3.63) is 0 Å². The van der Waals surface area contributed by atoms with Gasteiger partial charge in [-0.1, -0.05) is 0 Å². The highest BCUT2D eigenvalue weighted by Crippen LogP contribution is 2.07. The number of hydrazine groups is 1. The predicted octanol–water partition coefficient (Wildman–Crippen LogP) is -0.353. The van der Waals surface area contributed by atoms with Crippen LogP contribution in [-0.2, 0) is 9.47 Å². The minimum Gasteiger partial charge on any atom is -0.376 e. The van der Waals surface area contributed by atoms with E-state index in [2.05, 4.69) is 17.3 Å². The van der Waals surface area contributed by atoms with Crippen molar-refractivity contribution in [2.75, 3.05) is 19.8 Å². The molecule has 0 aromatic carbocycles. The average molecular weight is 184 g/mol. The van der Waals surface area contributed by atoms with Gasteiger partial charge in [-0.05, 0) is 6.92 Å². The molecule has 0 amide bonds. The van der Waals surface area contributed by atoms with Crippen molar-refractivity contribution >= 4 is 0 Å². The minimum atomic E-state index is 0.0274. The zero-order chi connectivity index (χ0) is 9.52. The smallest absolute Gasteiger partial charge is 0.0984 e. The van der Waals surface area contributed by atoms with Gasteiger partial charge >= 0.3 is 0 Å². The van der Waals surface area contributed by atoms with Crippen LogP contribution in [0.1, 0.15) is 13.3 Å². The highest BCUT2D eigenvalue weighted by atomic mass is 16.6. The topological polar surface area (TPSA) is 56.5 Å². The maximum absolute atomic E-state index is 5.49. The van der Waals surface area contributed by atoms with E-state index in [1.54, 1.807) is 0 Å². The second-order valence-electron chi connectivity index (χ2n) is 2.89. The highest BCUT2D eigenvalue weighted by Gasteiger charge is 2.23. The van der Waals surface area contributed by atoms with Gasteiger partial charge in [0.2, 0.25) is 0 Å². The number of ether oxygens (including phenoxy) is 2. The van der Waals surface area contributed by atoms with E-state index >= 15 is 0 Å². The van der Waals surface area contributed by atoms with E-state index in [1.165, 1.54) is 0 Å². The molecule has 0 aromatic rings. The number of hydrogen-bond donors (Lipinski definition) is 2. The van der Waals surface area contributed by atoms with Crippen LogP contribution in [0.4, 0.5) is 0 Å². The van der Waals surface area contributed by atoms with Gasteiger partial charge in [-0.3, -0.25) is 11.3 Å². The molecule has 0 bridgehead atoms. The molecule has 13 heavy (non-hydrogen) atoms. The molecule has 1 fully saturated rings. The fraction of sp³-hybridized carbons (Fsp3) is 0.778. The first-order valence-electron chi connectivity index (χ1n) is 4.43. The number of hydrogen-bond acceptors (Lipinski definition) is 4. The van der Waals surface area contributed by atoms with Crippen molar-refractivity contribution in [2.45, 2.75) is 25.5 Å². The Balaban J connectivity index is 2.37. The van der Waals surface area contributed by atoms with Crippen molar-refractivity contribution in [1.29, 1.82) is 0 Å². The van der Waals surface area contributed by atoms with Crippen molar-refractivity contribution in [2.24, 2.45) is 5.84 Å². The molecule has 74 valence electrons. The Hall–Kier alpha value is -0.600. The Kier molecular flexibility index (Phi) is 4.79. The van der Waals surface area contributed by atoms with Crippen molar-refractivity contribution < 1.29 is 9.47 Å². The first kappa shape index (κ1) is 10.5. The molecule has 0 radical (unpaired) electrons. The summed E-state index contributed by atoms with van der Waals surface area (Å²) in [7, 11) is 0. The maximum Gasteiger partial charge on any atom is 0.0984 e. The van der Waals surface area contributed by atoms with Gasteiger partial charge in [0, 0.05) is 6.42 Å². The van der Waals surface area contributed by atoms with E-state index < -0.39 is 0 Å². The standard InChI is InChI=1S/C9H16N2O2/c1-2-3-4-8(11-10)9-7-12-5-6-13-9/h8-9,11H,4-7,10H2,1H3. The summed E-state index contributed by atoms with van der Waals surface area (Å²) in [6.45, 7) is 3.72. The van der Waals surface area contributed by atoms with E-state index in [9.17, 15) is 0 Å². The zero-order valence-electron chi connectivity index (χ0n) is 7.88. The van der Waals surface area contributed by atoms with Gasteiger partial charge in [-0.25, -0.2) is 0 Å². The van der Waals surface area contributed by atoms with Crippen molar-refractivity contribution in [3.63, 3.8) is 0 Å². The third kappa shape index (κ3) is 3.33. The first-order valence-corrected chi connectivity index (χ1v) is 4.43. The SMILES string of the molecule is CC#CCC(NN)C1COCCO1. The molecule has 1 aliphatic heterocycles. The third-order valence-corrected chi connectivity index (χ3v) is 2.00. The molecule has 0 aliphatic carbocycles. The molecule has 1 aliphatic rings. The van der Waals surface area contributed by atoms with Gasteiger partial charge in [0.15, 0.2) is 0 Å². The highest BCUT2D eigenvalue weighted by molar-refractivity contribution is 4.99. The van der Waals surface area contributed by atoms with Crippen LogP contribution in [0.2, 0.25) is 0 Å². The fourth-order valence-corrected chi connectivity index (χ4v) is 1.25. The van der Waals surface area contributed by atoms with Crippen LogP contribution >= 0.6 is 0 Å². The van der Waals surface area contributed by atoms with Crippen LogP contribution in [0.25, 0.3) is 0 Å². The summed E-state index contributed by atoms with van der Waals surface area (Å²) >= 11 is 0. The first-order chi connectivity index (χ1) is 6.38. The average Bonchev–Trinajstić information content (AvgIpc) is 2.21. The van der Waals surface area contributed by atoms with E-state index in [0.29, 0.717) is 26.2 Å². The summed E-state index contributed by atoms with van der Waals surface area (Å²) in [5, 5.41) is 0. The van der Waals surface area contributed by atoms with Crippen molar-refractivity contribution in [3.8, 4) is 11.8 Å². The molecule has 1 saturated heterocycles. The van der Waals surface area contributed by atoms with E-state index in [1.807, 2.05) is 6.92 Å². The molecule has 2 unspecified atom stereocenters. The van der Waals surface area contributed by atoms with Crippen LogP contribution in [0.15, 0.2) is 0 Å². The summed E-state index contributed by atoms with van der Waals surface area (Å²) in [5.41, 5.74) is 2.70. The molecule has 1 rings (SSSR count). The molecule has 2 atom stereocenters. The minimum absolute atomic E-state index is 0.0274. The Morgan fingerprint density at radius 1 is 1.62 bits per heavy atom. The molecular formula is C9H16N2O2. The monoisotopic (exact) mass is 184 g/mol. The second-order valence-corrected chi connectivity index (χ2v) is 2.89. The van der Waals surface area contributed by atoms with Gasteiger partial charge < -0.3 is 9.47 Å². The number of nitrogens with one attached hydrogen (secondary N) is 1. The number of nitrogens with two attached hydrogens (primary N) is 1. The van der Waals surface area contributed by atoms with Crippen LogP contribution in [0.3, 0.4) is 0 Å². The molecule has 3 N–H and O–H groups in total. The van der Waals surface area contributed by atoms with E-state index in [0.717, 1.165) is 0 Å². The van der Waals surface area contributed by atoms with Crippen LogP contribution in [0.5, 0.6) is 0 Å². The molecule has 1 heterocycles. The summed E-state index contributed by atoms with van der Waals surface area (Å²) in [6.07, 6.45) is 0.723. The lowest BCUT2D eigenvalue weighted by molar-refractivity contribution is -0.101. The van der Waals surface area contributed by atoms with Gasteiger partial charge in [0.1, 0.15) is 0 Å². The Labute approximate surface area is 78.7 Å². The Morgan fingerprint density at radius 3 is 3.00 bits per heavy atom. The normalized spacial score (nSPS) is 24.6. The molecule has 0 spiro atoms. The molecule has 0 saturated carbocycles. The van der Waals surface area contributed by atoms with E-state index in [4.69, 9.17) is 15.3 Å². The summed E-state index contributed by atoms with van der Waals surface area (Å²) in [5.74, 6) is 11.2. The molecule has 4 nitrogen and oxygen atoms in total. The molecular weight excluding hydrogens is 168 g/mol. The number of rotatable bonds is 3.